The summed E-state index contributed by atoms with van der Waals surface area (Å²) in [6.45, 7) is 0.257. The van der Waals surface area contributed by atoms with Crippen molar-refractivity contribution in [2.45, 2.75) is 6.54 Å². The fraction of sp³-hybridized carbons (Fsp3) is 0.130. The third-order valence-corrected chi connectivity index (χ3v) is 4.71. The molecule has 1 aliphatic heterocycles. The molecule has 0 fully saturated rings. The Morgan fingerprint density at radius 2 is 1.77 bits per heavy atom. The van der Waals surface area contributed by atoms with Gasteiger partial charge in [0.25, 0.3) is 5.91 Å². The van der Waals surface area contributed by atoms with Gasteiger partial charge in [0.15, 0.2) is 5.84 Å². The van der Waals surface area contributed by atoms with E-state index < -0.39 is 17.8 Å². The van der Waals surface area contributed by atoms with Gasteiger partial charge in [-0.3, -0.25) is 4.79 Å². The monoisotopic (exact) mass is 402 g/mol. The van der Waals surface area contributed by atoms with Crippen molar-refractivity contribution in [1.29, 1.82) is 0 Å². The number of halogens is 1. The Balaban J connectivity index is 1.57. The molecular formula is C23H19FN4O2. The third kappa shape index (κ3) is 4.41. The van der Waals surface area contributed by atoms with Crippen molar-refractivity contribution in [1.82, 2.24) is 4.90 Å². The number of amides is 3. The van der Waals surface area contributed by atoms with Gasteiger partial charge in [-0.25, -0.2) is 14.2 Å². The van der Waals surface area contributed by atoms with Gasteiger partial charge in [-0.2, -0.15) is 4.99 Å². The van der Waals surface area contributed by atoms with Crippen molar-refractivity contribution in [2.75, 3.05) is 11.9 Å². The largest absolute Gasteiger partial charge is 0.322 e. The van der Waals surface area contributed by atoms with Crippen LogP contribution in [0.25, 0.3) is 0 Å². The number of nitrogens with one attached hydrogen (secondary N) is 1. The van der Waals surface area contributed by atoms with Crippen LogP contribution in [0.1, 0.15) is 5.56 Å². The Labute approximate surface area is 173 Å². The lowest BCUT2D eigenvalue weighted by molar-refractivity contribution is -0.118. The lowest BCUT2D eigenvalue weighted by Crippen LogP contribution is -2.40. The van der Waals surface area contributed by atoms with Crippen molar-refractivity contribution in [3.63, 3.8) is 0 Å². The van der Waals surface area contributed by atoms with Crippen molar-refractivity contribution in [3.8, 4) is 0 Å². The first-order chi connectivity index (χ1) is 14.6. The molecule has 0 bridgehead atoms. The number of amidine groups is 1. The zero-order chi connectivity index (χ0) is 20.9. The number of aliphatic imine (C=N–C) groups is 2. The number of anilines is 1. The maximum atomic E-state index is 14.0. The standard InChI is InChI=1S/C23H19FN4O2/c24-18-11-5-7-13-20(18)26-23(30)28(14-16-8-2-1-3-9-16)15-21-25-19-12-6-4-10-17(19)22(29)27-21/h1-13,17H,14-15H2,(H,26,30). The summed E-state index contributed by atoms with van der Waals surface area (Å²) in [7, 11) is 0. The van der Waals surface area contributed by atoms with Crippen molar-refractivity contribution in [2.24, 2.45) is 15.9 Å². The first kappa shape index (κ1) is 19.4. The number of fused-ring (bicyclic) bond motifs is 1. The average molecular weight is 402 g/mol. The minimum Gasteiger partial charge on any atom is -0.313 e. The predicted molar refractivity (Wildman–Crippen MR) is 114 cm³/mol. The number of urea groups is 1. The molecule has 2 aromatic carbocycles. The van der Waals surface area contributed by atoms with Gasteiger partial charge in [0, 0.05) is 6.54 Å². The first-order valence-corrected chi connectivity index (χ1v) is 9.49. The molecule has 1 heterocycles. The maximum Gasteiger partial charge on any atom is 0.322 e. The Morgan fingerprint density at radius 1 is 1.00 bits per heavy atom. The molecule has 150 valence electrons. The van der Waals surface area contributed by atoms with Gasteiger partial charge in [-0.05, 0) is 23.8 Å². The number of benzene rings is 2. The summed E-state index contributed by atoms with van der Waals surface area (Å²) in [4.78, 5) is 35.3. The van der Waals surface area contributed by atoms with Crippen LogP contribution in [0.5, 0.6) is 0 Å². The highest BCUT2D eigenvalue weighted by Crippen LogP contribution is 2.18. The SMILES string of the molecule is O=C1N=C(CN(Cc2ccccc2)C(=O)Nc2ccccc2F)N=C2C=CC=CC12. The summed E-state index contributed by atoms with van der Waals surface area (Å²) in [5, 5.41) is 2.59. The van der Waals surface area contributed by atoms with Gasteiger partial charge >= 0.3 is 6.03 Å². The molecule has 2 aromatic rings. The van der Waals surface area contributed by atoms with E-state index in [-0.39, 0.29) is 30.5 Å². The summed E-state index contributed by atoms with van der Waals surface area (Å²) in [5.74, 6) is -1.08. The van der Waals surface area contributed by atoms with E-state index in [1.54, 1.807) is 36.4 Å². The van der Waals surface area contributed by atoms with Crippen molar-refractivity contribution in [3.05, 3.63) is 90.3 Å². The van der Waals surface area contributed by atoms with Crippen LogP contribution in [-0.2, 0) is 11.3 Å². The van der Waals surface area contributed by atoms with E-state index in [9.17, 15) is 14.0 Å². The zero-order valence-corrected chi connectivity index (χ0v) is 16.0. The predicted octanol–water partition coefficient (Wildman–Crippen LogP) is 3.98. The van der Waals surface area contributed by atoms with Gasteiger partial charge in [-0.1, -0.05) is 60.7 Å². The molecule has 30 heavy (non-hydrogen) atoms. The molecule has 7 heteroatoms. The summed E-state index contributed by atoms with van der Waals surface area (Å²) >= 11 is 0. The van der Waals surface area contributed by atoms with E-state index in [0.29, 0.717) is 5.71 Å². The lowest BCUT2D eigenvalue weighted by Gasteiger charge is -2.25. The second kappa shape index (κ2) is 8.65. The van der Waals surface area contributed by atoms with Gasteiger partial charge < -0.3 is 10.2 Å². The van der Waals surface area contributed by atoms with E-state index in [2.05, 4.69) is 15.3 Å². The van der Waals surface area contributed by atoms with E-state index in [4.69, 9.17) is 0 Å². The number of allylic oxidation sites excluding steroid dienone is 3. The Hall–Kier alpha value is -3.87. The molecule has 0 saturated carbocycles. The highest BCUT2D eigenvalue weighted by molar-refractivity contribution is 6.21. The molecule has 1 unspecified atom stereocenters. The quantitative estimate of drug-likeness (QED) is 0.821. The number of nitrogens with zero attached hydrogens (tertiary/aromatic N) is 3. The van der Waals surface area contributed by atoms with Crippen LogP contribution in [0, 0.1) is 11.7 Å². The van der Waals surface area contributed by atoms with E-state index >= 15 is 0 Å². The molecule has 1 aliphatic carbocycles. The van der Waals surface area contributed by atoms with Crippen LogP contribution in [0.2, 0.25) is 0 Å². The number of para-hydroxylation sites is 1. The fourth-order valence-electron chi connectivity index (χ4n) is 3.22. The third-order valence-electron chi connectivity index (χ3n) is 4.71. The average Bonchev–Trinajstić information content (AvgIpc) is 2.76. The van der Waals surface area contributed by atoms with Gasteiger partial charge in [0.1, 0.15) is 11.7 Å². The molecule has 0 radical (unpaired) electrons. The fourth-order valence-corrected chi connectivity index (χ4v) is 3.22. The maximum absolute atomic E-state index is 14.0. The van der Waals surface area contributed by atoms with Crippen LogP contribution < -0.4 is 5.32 Å². The summed E-state index contributed by atoms with van der Waals surface area (Å²) in [5.41, 5.74) is 1.56. The van der Waals surface area contributed by atoms with Crippen LogP contribution in [0.4, 0.5) is 14.9 Å². The molecule has 6 nitrogen and oxygen atoms in total. The van der Waals surface area contributed by atoms with E-state index in [0.717, 1.165) is 5.56 Å². The number of rotatable bonds is 5. The minimum atomic E-state index is -0.530. The van der Waals surface area contributed by atoms with E-state index in [1.807, 2.05) is 30.3 Å². The summed E-state index contributed by atoms with van der Waals surface area (Å²) in [6.07, 6.45) is 7.09. The lowest BCUT2D eigenvalue weighted by atomic mass is 9.96. The molecule has 0 aromatic heterocycles. The molecular weight excluding hydrogens is 383 g/mol. The first-order valence-electron chi connectivity index (χ1n) is 9.49. The second-order valence-corrected chi connectivity index (χ2v) is 6.88. The number of carbonyl (C=O) groups excluding carboxylic acids is 2. The molecule has 1 atom stereocenters. The molecule has 3 amide bonds. The Morgan fingerprint density at radius 3 is 2.57 bits per heavy atom. The molecule has 0 saturated heterocycles. The highest BCUT2D eigenvalue weighted by atomic mass is 19.1. The number of hydrogen-bond acceptors (Lipinski definition) is 3. The van der Waals surface area contributed by atoms with Crippen molar-refractivity contribution < 1.29 is 14.0 Å². The smallest absolute Gasteiger partial charge is 0.313 e. The molecule has 0 spiro atoms. The van der Waals surface area contributed by atoms with Gasteiger partial charge in [-0.15, -0.1) is 0 Å². The summed E-state index contributed by atoms with van der Waals surface area (Å²) < 4.78 is 14.0. The number of carbonyl (C=O) groups is 2. The highest BCUT2D eigenvalue weighted by Gasteiger charge is 2.28. The molecule has 4 rings (SSSR count). The zero-order valence-electron chi connectivity index (χ0n) is 16.0. The van der Waals surface area contributed by atoms with Crippen molar-refractivity contribution >= 4 is 29.2 Å². The normalized spacial score (nSPS) is 17.1. The van der Waals surface area contributed by atoms with Crippen LogP contribution >= 0.6 is 0 Å². The Bertz CT molecular complexity index is 1090. The van der Waals surface area contributed by atoms with Crippen LogP contribution in [-0.4, -0.2) is 34.9 Å². The minimum absolute atomic E-state index is 0.00863. The topological polar surface area (TPSA) is 74.1 Å². The van der Waals surface area contributed by atoms with Gasteiger partial charge in [0.05, 0.1) is 17.9 Å². The second-order valence-electron chi connectivity index (χ2n) is 6.88. The van der Waals surface area contributed by atoms with Gasteiger partial charge in [0.2, 0.25) is 0 Å². The molecule has 2 aliphatic rings. The van der Waals surface area contributed by atoms with Crippen LogP contribution in [0.3, 0.4) is 0 Å². The van der Waals surface area contributed by atoms with Crippen LogP contribution in [0.15, 0.2) is 88.9 Å². The Kier molecular flexibility index (Phi) is 5.61. The van der Waals surface area contributed by atoms with E-state index in [1.165, 1.54) is 17.0 Å². The summed E-state index contributed by atoms with van der Waals surface area (Å²) in [6, 6.07) is 14.8. The number of hydrogen-bond donors (Lipinski definition) is 1. The molecule has 1 N–H and O–H groups in total.